The molecule has 26 heavy (non-hydrogen) atoms. The molecule has 0 unspecified atom stereocenters. The Labute approximate surface area is 155 Å². The van der Waals surface area contributed by atoms with Gasteiger partial charge in [-0.2, -0.15) is 0 Å². The summed E-state index contributed by atoms with van der Waals surface area (Å²) in [6.07, 6.45) is 1.86. The molecule has 0 fully saturated rings. The number of hydrogen-bond donors (Lipinski definition) is 1. The van der Waals surface area contributed by atoms with E-state index in [0.717, 1.165) is 18.1 Å². The fraction of sp³-hybridized carbons (Fsp3) is 0.176. The lowest BCUT2D eigenvalue weighted by Gasteiger charge is -2.13. The maximum absolute atomic E-state index is 12.8. The van der Waals surface area contributed by atoms with E-state index in [-0.39, 0.29) is 16.0 Å². The minimum Gasteiger partial charge on any atom is -0.465 e. The lowest BCUT2D eigenvalue weighted by atomic mass is 10.1. The second-order valence-electron chi connectivity index (χ2n) is 5.03. The number of carbonyl (C=O) groups is 2. The van der Waals surface area contributed by atoms with Crippen molar-refractivity contribution in [1.29, 1.82) is 0 Å². The normalized spacial score (nSPS) is 10.9. The highest BCUT2D eigenvalue weighted by Crippen LogP contribution is 2.25. The summed E-state index contributed by atoms with van der Waals surface area (Å²) in [5, 5.41) is 0. The maximum atomic E-state index is 12.8. The van der Waals surface area contributed by atoms with Crippen LogP contribution in [0.25, 0.3) is 0 Å². The Morgan fingerprint density at radius 1 is 1.00 bits per heavy atom. The van der Waals surface area contributed by atoms with Crippen LogP contribution in [0.4, 0.5) is 5.69 Å². The quantitative estimate of drug-likeness (QED) is 0.593. The topological polar surface area (TPSA) is 98.8 Å². The van der Waals surface area contributed by atoms with Gasteiger partial charge in [0.05, 0.1) is 25.3 Å². The van der Waals surface area contributed by atoms with Crippen molar-refractivity contribution in [2.24, 2.45) is 0 Å². The van der Waals surface area contributed by atoms with Gasteiger partial charge < -0.3 is 9.47 Å². The van der Waals surface area contributed by atoms with Crippen molar-refractivity contribution < 1.29 is 27.5 Å². The van der Waals surface area contributed by atoms with Crippen LogP contribution < -0.4 is 4.72 Å². The molecule has 0 radical (unpaired) electrons. The van der Waals surface area contributed by atoms with Crippen molar-refractivity contribution in [3.63, 3.8) is 0 Å². The Balaban J connectivity index is 2.54. The summed E-state index contributed by atoms with van der Waals surface area (Å²) in [7, 11) is -1.84. The number of esters is 2. The van der Waals surface area contributed by atoms with E-state index >= 15 is 0 Å². The molecule has 138 valence electrons. The fourth-order valence-corrected chi connectivity index (χ4v) is 3.89. The van der Waals surface area contributed by atoms with Crippen LogP contribution in [-0.2, 0) is 19.5 Å². The predicted octanol–water partition coefficient (Wildman–Crippen LogP) is 2.78. The summed E-state index contributed by atoms with van der Waals surface area (Å²) < 4.78 is 37.3. The Morgan fingerprint density at radius 2 is 1.69 bits per heavy atom. The van der Waals surface area contributed by atoms with Gasteiger partial charge in [-0.3, -0.25) is 4.72 Å². The van der Waals surface area contributed by atoms with Gasteiger partial charge >= 0.3 is 11.9 Å². The van der Waals surface area contributed by atoms with E-state index in [1.807, 2.05) is 12.3 Å². The molecule has 2 aromatic carbocycles. The van der Waals surface area contributed by atoms with Gasteiger partial charge in [-0.1, -0.05) is 6.07 Å². The number of anilines is 1. The summed E-state index contributed by atoms with van der Waals surface area (Å²) in [6.45, 7) is 0. The van der Waals surface area contributed by atoms with E-state index in [2.05, 4.69) is 14.2 Å². The molecule has 0 heterocycles. The number of hydrogen-bond acceptors (Lipinski definition) is 7. The number of methoxy groups -OCH3 is 2. The van der Waals surface area contributed by atoms with Gasteiger partial charge in [0.1, 0.15) is 4.90 Å². The summed E-state index contributed by atoms with van der Waals surface area (Å²) in [4.78, 5) is 24.2. The highest BCUT2D eigenvalue weighted by molar-refractivity contribution is 7.98. The van der Waals surface area contributed by atoms with Crippen molar-refractivity contribution in [1.82, 2.24) is 0 Å². The van der Waals surface area contributed by atoms with E-state index in [1.165, 1.54) is 31.0 Å². The molecular weight excluding hydrogens is 378 g/mol. The Hall–Kier alpha value is -2.52. The monoisotopic (exact) mass is 395 g/mol. The summed E-state index contributed by atoms with van der Waals surface area (Å²) in [5.41, 5.74) is 0.142. The number of nitrogens with one attached hydrogen (secondary N) is 1. The number of benzene rings is 2. The molecule has 2 rings (SSSR count). The molecule has 1 N–H and O–H groups in total. The summed E-state index contributed by atoms with van der Waals surface area (Å²) in [5.74, 6) is -1.55. The Kier molecular flexibility index (Phi) is 6.27. The number of sulfonamides is 1. The summed E-state index contributed by atoms with van der Waals surface area (Å²) >= 11 is 1.46. The van der Waals surface area contributed by atoms with Gasteiger partial charge in [-0.05, 0) is 42.7 Å². The van der Waals surface area contributed by atoms with Gasteiger partial charge in [-0.15, -0.1) is 11.8 Å². The first-order valence-corrected chi connectivity index (χ1v) is 10.0. The zero-order valence-electron chi connectivity index (χ0n) is 14.3. The molecule has 9 heteroatoms. The maximum Gasteiger partial charge on any atom is 0.339 e. The standard InChI is InChI=1S/C17H17NO6S2/c1-23-16(19)11-7-8-14(17(20)24-2)15(9-11)26(21,22)18-12-5-4-6-13(10-12)25-3/h4-10,18H,1-3H3. The van der Waals surface area contributed by atoms with Crippen LogP contribution in [0.5, 0.6) is 0 Å². The average Bonchev–Trinajstić information content (AvgIpc) is 2.66. The molecule has 0 spiro atoms. The smallest absolute Gasteiger partial charge is 0.339 e. The van der Waals surface area contributed by atoms with Crippen LogP contribution in [0.1, 0.15) is 20.7 Å². The van der Waals surface area contributed by atoms with E-state index < -0.39 is 22.0 Å². The molecule has 0 atom stereocenters. The van der Waals surface area contributed by atoms with Crippen molar-refractivity contribution >= 4 is 39.4 Å². The van der Waals surface area contributed by atoms with Crippen molar-refractivity contribution in [2.45, 2.75) is 9.79 Å². The second-order valence-corrected chi connectivity index (χ2v) is 7.56. The molecule has 2 aromatic rings. The molecule has 0 amide bonds. The Bertz CT molecular complexity index is 940. The van der Waals surface area contributed by atoms with Gasteiger partial charge in [-0.25, -0.2) is 18.0 Å². The third-order valence-electron chi connectivity index (χ3n) is 3.42. The SMILES string of the molecule is COC(=O)c1ccc(C(=O)OC)c(S(=O)(=O)Nc2cccc(SC)c2)c1. The first-order chi connectivity index (χ1) is 12.3. The van der Waals surface area contributed by atoms with Crippen LogP contribution in [0.2, 0.25) is 0 Å². The molecule has 0 saturated carbocycles. The van der Waals surface area contributed by atoms with Crippen LogP contribution in [0, 0.1) is 0 Å². The zero-order valence-corrected chi connectivity index (χ0v) is 15.9. The van der Waals surface area contributed by atoms with Crippen molar-refractivity contribution in [2.75, 3.05) is 25.2 Å². The first-order valence-electron chi connectivity index (χ1n) is 7.30. The molecule has 0 bridgehead atoms. The Morgan fingerprint density at radius 3 is 2.31 bits per heavy atom. The predicted molar refractivity (Wildman–Crippen MR) is 98.2 cm³/mol. The second kappa shape index (κ2) is 8.24. The van der Waals surface area contributed by atoms with E-state index in [9.17, 15) is 18.0 Å². The number of rotatable bonds is 6. The molecule has 7 nitrogen and oxygen atoms in total. The van der Waals surface area contributed by atoms with Gasteiger partial charge in [0, 0.05) is 10.6 Å². The number of carbonyl (C=O) groups excluding carboxylic acids is 2. The largest absolute Gasteiger partial charge is 0.465 e. The van der Waals surface area contributed by atoms with Crippen LogP contribution in [-0.4, -0.2) is 40.8 Å². The molecule has 0 saturated heterocycles. The lowest BCUT2D eigenvalue weighted by molar-refractivity contribution is 0.0583. The third kappa shape index (κ3) is 4.36. The lowest BCUT2D eigenvalue weighted by Crippen LogP contribution is -2.18. The van der Waals surface area contributed by atoms with Gasteiger partial charge in [0.25, 0.3) is 10.0 Å². The van der Waals surface area contributed by atoms with Crippen molar-refractivity contribution in [3.05, 3.63) is 53.6 Å². The van der Waals surface area contributed by atoms with Crippen LogP contribution in [0.15, 0.2) is 52.3 Å². The summed E-state index contributed by atoms with van der Waals surface area (Å²) in [6, 6.07) is 10.4. The number of ether oxygens (including phenoxy) is 2. The average molecular weight is 395 g/mol. The van der Waals surface area contributed by atoms with E-state index in [0.29, 0.717) is 5.69 Å². The van der Waals surface area contributed by atoms with E-state index in [1.54, 1.807) is 18.2 Å². The minimum atomic E-state index is -4.16. The molecule has 0 aliphatic rings. The number of thioether (sulfide) groups is 1. The van der Waals surface area contributed by atoms with Crippen molar-refractivity contribution in [3.8, 4) is 0 Å². The molecule has 0 aromatic heterocycles. The minimum absolute atomic E-state index is 0.00149. The van der Waals surface area contributed by atoms with Crippen LogP contribution >= 0.6 is 11.8 Å². The molecule has 0 aliphatic carbocycles. The van der Waals surface area contributed by atoms with Crippen LogP contribution in [0.3, 0.4) is 0 Å². The first kappa shape index (κ1) is 19.8. The van der Waals surface area contributed by atoms with Gasteiger partial charge in [0.15, 0.2) is 0 Å². The third-order valence-corrected chi connectivity index (χ3v) is 5.57. The molecular formula is C17H17NO6S2. The highest BCUT2D eigenvalue weighted by atomic mass is 32.2. The highest BCUT2D eigenvalue weighted by Gasteiger charge is 2.25. The fourth-order valence-electron chi connectivity index (χ4n) is 2.16. The van der Waals surface area contributed by atoms with Gasteiger partial charge in [0.2, 0.25) is 0 Å². The zero-order chi connectivity index (χ0) is 19.3. The van der Waals surface area contributed by atoms with E-state index in [4.69, 9.17) is 0 Å². The molecule has 0 aliphatic heterocycles.